The van der Waals surface area contributed by atoms with Crippen LogP contribution in [0.25, 0.3) is 10.2 Å². The lowest BCUT2D eigenvalue weighted by Gasteiger charge is -2.06. The second-order valence-corrected chi connectivity index (χ2v) is 4.80. The Morgan fingerprint density at radius 3 is 2.87 bits per heavy atom. The van der Waals surface area contributed by atoms with Crippen LogP contribution in [0.15, 0.2) is 24.3 Å². The molecule has 15 heavy (non-hydrogen) atoms. The number of hydrogen-bond donors (Lipinski definition) is 1. The van der Waals surface area contributed by atoms with Crippen molar-refractivity contribution in [3.8, 4) is 0 Å². The van der Waals surface area contributed by atoms with Crippen molar-refractivity contribution in [2.45, 2.75) is 19.3 Å². The van der Waals surface area contributed by atoms with Crippen LogP contribution in [-0.4, -0.2) is 15.1 Å². The summed E-state index contributed by atoms with van der Waals surface area (Å²) in [5.41, 5.74) is 0.979. The topological polar surface area (TPSA) is 33.1 Å². The molecule has 2 aromatic rings. The zero-order chi connectivity index (χ0) is 10.8. The average Bonchev–Trinajstić information content (AvgIpc) is 2.61. The molecule has 0 spiro atoms. The average molecular weight is 237 g/mol. The van der Waals surface area contributed by atoms with E-state index in [1.165, 1.54) is 0 Å². The Labute approximate surface area is 97.6 Å². The second kappa shape index (κ2) is 4.24. The summed E-state index contributed by atoms with van der Waals surface area (Å²) >= 11 is 6.42. The van der Waals surface area contributed by atoms with Crippen LogP contribution in [0, 0.1) is 0 Å². The van der Waals surface area contributed by atoms with Crippen LogP contribution in [0.4, 0.5) is 0 Å². The van der Waals surface area contributed by atoms with E-state index in [9.17, 15) is 5.11 Å². The fourth-order valence-corrected chi connectivity index (χ4v) is 3.00. The number of aromatic nitrogens is 1. The minimum atomic E-state index is -0.0996. The third-order valence-electron chi connectivity index (χ3n) is 2.31. The molecule has 0 aliphatic carbocycles. The third kappa shape index (κ3) is 2.01. The molecule has 0 saturated carbocycles. The summed E-state index contributed by atoms with van der Waals surface area (Å²) in [5.74, 6) is -0.0996. The molecule has 2 rings (SSSR count). The van der Waals surface area contributed by atoms with Crippen LogP contribution in [-0.2, 0) is 0 Å². The van der Waals surface area contributed by atoms with Gasteiger partial charge in [-0.2, -0.15) is 0 Å². The van der Waals surface area contributed by atoms with Gasteiger partial charge in [-0.3, -0.25) is 0 Å². The number of aliphatic hydroxyl groups excluding tert-OH is 1. The van der Waals surface area contributed by atoms with Crippen LogP contribution >= 0.6 is 23.6 Å². The fourth-order valence-electron chi connectivity index (χ4n) is 1.49. The summed E-state index contributed by atoms with van der Waals surface area (Å²) in [6.07, 6.45) is 0.787. The van der Waals surface area contributed by atoms with E-state index >= 15 is 0 Å². The maximum Gasteiger partial charge on any atom is 0.166 e. The van der Waals surface area contributed by atoms with Crippen LogP contribution in [0.2, 0.25) is 0 Å². The number of hydrogen-bond acceptors (Lipinski definition) is 3. The number of thiazole rings is 1. The molecule has 0 fully saturated rings. The minimum absolute atomic E-state index is 0.0385. The number of para-hydroxylation sites is 1. The van der Waals surface area contributed by atoms with E-state index in [2.05, 4.69) is 4.98 Å². The Kier molecular flexibility index (Phi) is 2.98. The van der Waals surface area contributed by atoms with E-state index in [1.807, 2.05) is 31.2 Å². The van der Waals surface area contributed by atoms with Crippen LogP contribution in [0.3, 0.4) is 0 Å². The van der Waals surface area contributed by atoms with Gasteiger partial charge in [0, 0.05) is 0 Å². The van der Waals surface area contributed by atoms with Crippen molar-refractivity contribution in [2.75, 3.05) is 0 Å². The van der Waals surface area contributed by atoms with E-state index in [0.717, 1.165) is 21.6 Å². The first-order valence-electron chi connectivity index (χ1n) is 4.80. The van der Waals surface area contributed by atoms with Crippen LogP contribution in [0.5, 0.6) is 0 Å². The highest BCUT2D eigenvalue weighted by molar-refractivity contribution is 7.80. The smallest absolute Gasteiger partial charge is 0.166 e. The lowest BCUT2D eigenvalue weighted by molar-refractivity contribution is 0.528. The zero-order valence-corrected chi connectivity index (χ0v) is 9.94. The first-order chi connectivity index (χ1) is 7.22. The molecule has 4 heteroatoms. The maximum absolute atomic E-state index is 9.39. The highest BCUT2D eigenvalue weighted by Crippen LogP contribution is 2.29. The van der Waals surface area contributed by atoms with Crippen molar-refractivity contribution in [2.24, 2.45) is 0 Å². The van der Waals surface area contributed by atoms with Crippen molar-refractivity contribution >= 4 is 38.8 Å². The standard InChI is InChI=1S/C11H11NOS2/c1-2-7(11(13)14)10-12-8-5-3-4-6-9(8)15-10/h3-7H,2H2,1H3,(H,13,14). The Bertz CT molecular complexity index is 459. The number of thiocarbonyl (C=S) groups is 1. The Hall–Kier alpha value is -1.00. The first-order valence-corrected chi connectivity index (χ1v) is 6.03. The van der Waals surface area contributed by atoms with Gasteiger partial charge in [0.15, 0.2) is 5.05 Å². The predicted octanol–water partition coefficient (Wildman–Crippen LogP) is 3.68. The minimum Gasteiger partial charge on any atom is -0.501 e. The van der Waals surface area contributed by atoms with Gasteiger partial charge in [0.2, 0.25) is 0 Å². The third-order valence-corrected chi connectivity index (χ3v) is 3.75. The number of nitrogens with zero attached hydrogens (tertiary/aromatic N) is 1. The van der Waals surface area contributed by atoms with E-state index in [4.69, 9.17) is 12.2 Å². The van der Waals surface area contributed by atoms with E-state index in [1.54, 1.807) is 11.3 Å². The summed E-state index contributed by atoms with van der Waals surface area (Å²) < 4.78 is 1.14. The SMILES string of the molecule is CCC(C(O)=S)c1nc2ccccc2s1. The van der Waals surface area contributed by atoms with Gasteiger partial charge in [0.05, 0.1) is 16.1 Å². The van der Waals surface area contributed by atoms with Gasteiger partial charge >= 0.3 is 0 Å². The van der Waals surface area contributed by atoms with Gasteiger partial charge in [0.25, 0.3) is 0 Å². The molecule has 1 aromatic carbocycles. The summed E-state index contributed by atoms with van der Waals surface area (Å²) in [4.78, 5) is 4.48. The molecule has 1 aromatic heterocycles. The number of aliphatic hydroxyl groups is 1. The largest absolute Gasteiger partial charge is 0.501 e. The maximum atomic E-state index is 9.39. The highest BCUT2D eigenvalue weighted by Gasteiger charge is 2.18. The van der Waals surface area contributed by atoms with E-state index in [0.29, 0.717) is 0 Å². The Morgan fingerprint density at radius 1 is 1.53 bits per heavy atom. The summed E-state index contributed by atoms with van der Waals surface area (Å²) in [5, 5.41) is 10.3. The van der Waals surface area contributed by atoms with Crippen molar-refractivity contribution in [1.29, 1.82) is 0 Å². The molecule has 0 aliphatic heterocycles. The van der Waals surface area contributed by atoms with Crippen molar-refractivity contribution in [3.63, 3.8) is 0 Å². The molecule has 0 amide bonds. The molecule has 1 heterocycles. The van der Waals surface area contributed by atoms with Crippen LogP contribution < -0.4 is 0 Å². The number of rotatable bonds is 3. The van der Waals surface area contributed by atoms with Gasteiger partial charge < -0.3 is 5.11 Å². The van der Waals surface area contributed by atoms with E-state index in [-0.39, 0.29) is 11.0 Å². The fraction of sp³-hybridized carbons (Fsp3) is 0.273. The van der Waals surface area contributed by atoms with Gasteiger partial charge in [-0.05, 0) is 30.8 Å². The first kappa shape index (κ1) is 10.5. The molecule has 0 aliphatic rings. The monoisotopic (exact) mass is 237 g/mol. The van der Waals surface area contributed by atoms with Gasteiger partial charge in [-0.25, -0.2) is 4.98 Å². The van der Waals surface area contributed by atoms with Gasteiger partial charge in [-0.1, -0.05) is 19.1 Å². The van der Waals surface area contributed by atoms with Crippen molar-refractivity contribution in [1.82, 2.24) is 4.98 Å². The predicted molar refractivity (Wildman–Crippen MR) is 67.9 cm³/mol. The quantitative estimate of drug-likeness (QED) is 0.827. The highest BCUT2D eigenvalue weighted by atomic mass is 32.1. The normalized spacial score (nSPS) is 12.9. The molecule has 1 atom stereocenters. The van der Waals surface area contributed by atoms with Crippen molar-refractivity contribution < 1.29 is 5.11 Å². The lowest BCUT2D eigenvalue weighted by Crippen LogP contribution is -2.07. The van der Waals surface area contributed by atoms with Gasteiger partial charge in [-0.15, -0.1) is 11.3 Å². The zero-order valence-electron chi connectivity index (χ0n) is 8.30. The number of benzene rings is 1. The molecule has 0 bridgehead atoms. The molecular formula is C11H11NOS2. The van der Waals surface area contributed by atoms with Crippen molar-refractivity contribution in [3.05, 3.63) is 29.3 Å². The Balaban J connectivity index is 2.47. The molecule has 2 nitrogen and oxygen atoms in total. The molecule has 0 saturated heterocycles. The Morgan fingerprint density at radius 2 is 2.27 bits per heavy atom. The molecule has 0 radical (unpaired) electrons. The lowest BCUT2D eigenvalue weighted by atomic mass is 10.1. The number of fused-ring (bicyclic) bond motifs is 1. The molecular weight excluding hydrogens is 226 g/mol. The van der Waals surface area contributed by atoms with Crippen LogP contribution in [0.1, 0.15) is 24.3 Å². The summed E-state index contributed by atoms with van der Waals surface area (Å²) in [7, 11) is 0. The molecule has 1 unspecified atom stereocenters. The summed E-state index contributed by atoms with van der Waals surface area (Å²) in [6, 6.07) is 7.96. The van der Waals surface area contributed by atoms with E-state index < -0.39 is 0 Å². The summed E-state index contributed by atoms with van der Waals surface area (Å²) in [6.45, 7) is 2.00. The molecule has 78 valence electrons. The molecule has 1 N–H and O–H groups in total. The van der Waals surface area contributed by atoms with Gasteiger partial charge in [0.1, 0.15) is 5.01 Å². The second-order valence-electron chi connectivity index (χ2n) is 3.32.